The predicted octanol–water partition coefficient (Wildman–Crippen LogP) is 6.45. The molecule has 3 heteroatoms. The monoisotopic (exact) mass is 425 g/mol. The molecule has 174 valence electrons. The molecule has 0 spiro atoms. The van der Waals surface area contributed by atoms with Crippen LogP contribution in [0.4, 0.5) is 0 Å². The van der Waals surface area contributed by atoms with Crippen molar-refractivity contribution in [2.45, 2.75) is 98.8 Å². The lowest BCUT2D eigenvalue weighted by molar-refractivity contribution is 0.186. The Morgan fingerprint density at radius 2 is 1.58 bits per heavy atom. The summed E-state index contributed by atoms with van der Waals surface area (Å²) in [5, 5.41) is 3.78. The molecule has 0 fully saturated rings. The highest BCUT2D eigenvalue weighted by Gasteiger charge is 2.17. The zero-order valence-electron chi connectivity index (χ0n) is 21.1. The van der Waals surface area contributed by atoms with Gasteiger partial charge < -0.3 is 10.3 Å². The van der Waals surface area contributed by atoms with E-state index in [1.54, 1.807) is 0 Å². The van der Waals surface area contributed by atoms with E-state index in [2.05, 4.69) is 100 Å². The maximum absolute atomic E-state index is 3.78. The van der Waals surface area contributed by atoms with Crippen molar-refractivity contribution < 1.29 is 0 Å². The molecule has 2 N–H and O–H groups in total. The van der Waals surface area contributed by atoms with Crippen LogP contribution in [0.25, 0.3) is 0 Å². The van der Waals surface area contributed by atoms with Crippen LogP contribution in [-0.4, -0.2) is 34.6 Å². The standard InChI is InChI=1S/C28H47N3/c1-21(2)13-15-31(20-27-12-9-14-29-27)24(7)17-25-10-8-11-26(18-25)19-28(16-22(3)4)30-23(5)6/h8-12,14,18,21-24,28-30H,13,15-17,19-20H2,1-7H3/t24-,28?/m0/s1. The summed E-state index contributed by atoms with van der Waals surface area (Å²) in [5.74, 6) is 1.44. The molecule has 2 atom stereocenters. The first-order valence-corrected chi connectivity index (χ1v) is 12.4. The van der Waals surface area contributed by atoms with Gasteiger partial charge in [-0.3, -0.25) is 4.90 Å². The highest BCUT2D eigenvalue weighted by atomic mass is 15.2. The smallest absolute Gasteiger partial charge is 0.0388 e. The molecule has 2 rings (SSSR count). The Hall–Kier alpha value is -1.58. The fourth-order valence-corrected chi connectivity index (χ4v) is 4.45. The zero-order chi connectivity index (χ0) is 22.8. The van der Waals surface area contributed by atoms with Gasteiger partial charge in [-0.25, -0.2) is 0 Å². The molecule has 1 unspecified atom stereocenters. The molecule has 3 nitrogen and oxygen atoms in total. The Kier molecular flexibility index (Phi) is 10.8. The predicted molar refractivity (Wildman–Crippen MR) is 135 cm³/mol. The molecule has 0 radical (unpaired) electrons. The van der Waals surface area contributed by atoms with Crippen LogP contribution in [0.15, 0.2) is 42.6 Å². The van der Waals surface area contributed by atoms with Gasteiger partial charge in [-0.15, -0.1) is 0 Å². The first kappa shape index (κ1) is 25.7. The van der Waals surface area contributed by atoms with E-state index in [4.69, 9.17) is 0 Å². The summed E-state index contributed by atoms with van der Waals surface area (Å²) in [6.45, 7) is 18.3. The van der Waals surface area contributed by atoms with E-state index in [0.717, 1.165) is 31.8 Å². The number of hydrogen-bond acceptors (Lipinski definition) is 2. The number of aromatic amines is 1. The van der Waals surface area contributed by atoms with Gasteiger partial charge in [0.25, 0.3) is 0 Å². The highest BCUT2D eigenvalue weighted by molar-refractivity contribution is 5.25. The summed E-state index contributed by atoms with van der Waals surface area (Å²) in [4.78, 5) is 6.03. The van der Waals surface area contributed by atoms with Crippen LogP contribution in [0.2, 0.25) is 0 Å². The summed E-state index contributed by atoms with van der Waals surface area (Å²) in [7, 11) is 0. The molecule has 31 heavy (non-hydrogen) atoms. The minimum atomic E-state index is 0.512. The van der Waals surface area contributed by atoms with Crippen molar-refractivity contribution in [3.63, 3.8) is 0 Å². The van der Waals surface area contributed by atoms with Crippen molar-refractivity contribution in [2.75, 3.05) is 6.54 Å². The van der Waals surface area contributed by atoms with Crippen molar-refractivity contribution in [2.24, 2.45) is 11.8 Å². The number of H-pyrrole nitrogens is 1. The Morgan fingerprint density at radius 1 is 0.871 bits per heavy atom. The van der Waals surface area contributed by atoms with Gasteiger partial charge in [-0.1, -0.05) is 65.8 Å². The summed E-state index contributed by atoms with van der Waals surface area (Å²) < 4.78 is 0. The Labute approximate surface area is 192 Å². The Balaban J connectivity index is 2.05. The van der Waals surface area contributed by atoms with Crippen molar-refractivity contribution in [3.8, 4) is 0 Å². The lowest BCUT2D eigenvalue weighted by Crippen LogP contribution is -2.37. The summed E-state index contributed by atoms with van der Waals surface area (Å²) in [6, 6.07) is 15.2. The summed E-state index contributed by atoms with van der Waals surface area (Å²) >= 11 is 0. The molecule has 2 aromatic rings. The van der Waals surface area contributed by atoms with Gasteiger partial charge in [0.2, 0.25) is 0 Å². The average Bonchev–Trinajstić information content (AvgIpc) is 3.17. The number of rotatable bonds is 14. The number of benzene rings is 1. The van der Waals surface area contributed by atoms with Crippen LogP contribution < -0.4 is 5.32 Å². The van der Waals surface area contributed by atoms with Gasteiger partial charge in [0.05, 0.1) is 0 Å². The van der Waals surface area contributed by atoms with Crippen molar-refractivity contribution in [3.05, 3.63) is 59.4 Å². The number of aromatic nitrogens is 1. The second kappa shape index (κ2) is 13.1. The van der Waals surface area contributed by atoms with Crippen LogP contribution in [0, 0.1) is 11.8 Å². The molecule has 1 aromatic carbocycles. The Morgan fingerprint density at radius 3 is 2.16 bits per heavy atom. The zero-order valence-corrected chi connectivity index (χ0v) is 21.1. The van der Waals surface area contributed by atoms with Crippen LogP contribution in [0.3, 0.4) is 0 Å². The van der Waals surface area contributed by atoms with Crippen molar-refractivity contribution >= 4 is 0 Å². The minimum absolute atomic E-state index is 0.512. The maximum atomic E-state index is 3.78. The van der Waals surface area contributed by atoms with E-state index in [1.807, 2.05) is 6.20 Å². The molecule has 0 amide bonds. The van der Waals surface area contributed by atoms with E-state index >= 15 is 0 Å². The first-order chi connectivity index (χ1) is 14.7. The van der Waals surface area contributed by atoms with Crippen molar-refractivity contribution in [1.29, 1.82) is 0 Å². The number of hydrogen-bond donors (Lipinski definition) is 2. The lowest BCUT2D eigenvalue weighted by Gasteiger charge is -2.30. The molecule has 0 bridgehead atoms. The van der Waals surface area contributed by atoms with Gasteiger partial charge in [-0.05, 0) is 74.2 Å². The van der Waals surface area contributed by atoms with Crippen LogP contribution >= 0.6 is 0 Å². The number of nitrogens with one attached hydrogen (secondary N) is 2. The summed E-state index contributed by atoms with van der Waals surface area (Å²) in [6.07, 6.45) is 6.70. The van der Waals surface area contributed by atoms with E-state index < -0.39 is 0 Å². The van der Waals surface area contributed by atoms with Gasteiger partial charge in [0.1, 0.15) is 0 Å². The van der Waals surface area contributed by atoms with E-state index in [1.165, 1.54) is 29.7 Å². The third-order valence-electron chi connectivity index (χ3n) is 5.98. The Bertz CT molecular complexity index is 708. The fourth-order valence-electron chi connectivity index (χ4n) is 4.45. The third-order valence-corrected chi connectivity index (χ3v) is 5.98. The SMILES string of the molecule is CC(C)CCN(Cc1ccc[nH]1)[C@@H](C)Cc1cccc(CC(CC(C)C)NC(C)C)c1. The minimum Gasteiger partial charge on any atom is -0.364 e. The lowest BCUT2D eigenvalue weighted by atomic mass is 9.94. The third kappa shape index (κ3) is 10.1. The molecule has 0 aliphatic heterocycles. The van der Waals surface area contributed by atoms with Crippen LogP contribution in [0.1, 0.15) is 78.1 Å². The quantitative estimate of drug-likeness (QED) is 0.364. The van der Waals surface area contributed by atoms with Gasteiger partial charge in [0, 0.05) is 36.6 Å². The maximum Gasteiger partial charge on any atom is 0.0388 e. The van der Waals surface area contributed by atoms with Gasteiger partial charge in [-0.2, -0.15) is 0 Å². The van der Waals surface area contributed by atoms with E-state index in [-0.39, 0.29) is 0 Å². The molecule has 1 heterocycles. The molecule has 0 aliphatic rings. The van der Waals surface area contributed by atoms with Crippen LogP contribution in [0.5, 0.6) is 0 Å². The molecule has 0 saturated carbocycles. The first-order valence-electron chi connectivity index (χ1n) is 12.4. The van der Waals surface area contributed by atoms with Gasteiger partial charge in [0.15, 0.2) is 0 Å². The molecular weight excluding hydrogens is 378 g/mol. The number of nitrogens with zero attached hydrogens (tertiary/aromatic N) is 1. The second-order valence-corrected chi connectivity index (χ2v) is 10.6. The fraction of sp³-hybridized carbons (Fsp3) is 0.643. The van der Waals surface area contributed by atoms with E-state index in [9.17, 15) is 0 Å². The molecule has 0 aliphatic carbocycles. The topological polar surface area (TPSA) is 31.1 Å². The average molecular weight is 426 g/mol. The molecular formula is C28H47N3. The molecule has 0 saturated heterocycles. The second-order valence-electron chi connectivity index (χ2n) is 10.6. The summed E-state index contributed by atoms with van der Waals surface area (Å²) in [5.41, 5.74) is 4.22. The van der Waals surface area contributed by atoms with Gasteiger partial charge >= 0.3 is 0 Å². The van der Waals surface area contributed by atoms with E-state index in [0.29, 0.717) is 24.0 Å². The van der Waals surface area contributed by atoms with Crippen LogP contribution in [-0.2, 0) is 19.4 Å². The largest absolute Gasteiger partial charge is 0.364 e. The van der Waals surface area contributed by atoms with Crippen molar-refractivity contribution in [1.82, 2.24) is 15.2 Å². The normalized spacial score (nSPS) is 14.2. The molecule has 1 aromatic heterocycles. The highest BCUT2D eigenvalue weighted by Crippen LogP contribution is 2.18.